The number of aromatic nitrogens is 2. The minimum atomic E-state index is -0.412. The van der Waals surface area contributed by atoms with Crippen LogP contribution in [0, 0.1) is 0 Å². The summed E-state index contributed by atoms with van der Waals surface area (Å²) in [5, 5.41) is 7.09. The summed E-state index contributed by atoms with van der Waals surface area (Å²) in [5.74, 6) is 0.200. The van der Waals surface area contributed by atoms with Crippen LogP contribution >= 0.6 is 23.4 Å². The molecular formula is C22H18ClN3O3S. The number of para-hydroxylation sites is 1. The second kappa shape index (κ2) is 8.77. The summed E-state index contributed by atoms with van der Waals surface area (Å²) in [6.07, 6.45) is 4.38. The lowest BCUT2D eigenvalue weighted by Crippen LogP contribution is -2.17. The molecule has 1 aliphatic heterocycles. The maximum Gasteiger partial charge on any atom is 0.290 e. The van der Waals surface area contributed by atoms with Gasteiger partial charge in [-0.3, -0.25) is 14.9 Å². The van der Waals surface area contributed by atoms with Crippen molar-refractivity contribution in [3.05, 3.63) is 70.2 Å². The molecule has 6 nitrogen and oxygen atoms in total. The quantitative estimate of drug-likeness (QED) is 0.527. The van der Waals surface area contributed by atoms with Crippen molar-refractivity contribution in [3.8, 4) is 22.7 Å². The number of nitrogens with zero attached hydrogens (tertiary/aromatic N) is 2. The number of rotatable bonds is 6. The molecule has 2 amide bonds. The number of carbonyl (C=O) groups excluding carboxylic acids is 2. The molecule has 1 aliphatic rings. The summed E-state index contributed by atoms with van der Waals surface area (Å²) in [7, 11) is 0. The van der Waals surface area contributed by atoms with Gasteiger partial charge in [-0.15, -0.1) is 0 Å². The summed E-state index contributed by atoms with van der Waals surface area (Å²) >= 11 is 7.29. The summed E-state index contributed by atoms with van der Waals surface area (Å²) in [5.41, 5.74) is 2.99. The van der Waals surface area contributed by atoms with Crippen LogP contribution in [0.3, 0.4) is 0 Å². The van der Waals surface area contributed by atoms with Gasteiger partial charge in [0.2, 0.25) is 0 Å². The molecule has 3 aromatic rings. The van der Waals surface area contributed by atoms with Crippen molar-refractivity contribution in [3.63, 3.8) is 0 Å². The number of nitrogens with one attached hydrogen (secondary N) is 1. The molecule has 0 atom stereocenters. The lowest BCUT2D eigenvalue weighted by atomic mass is 10.1. The Hall–Kier alpha value is -3.03. The molecule has 30 heavy (non-hydrogen) atoms. The van der Waals surface area contributed by atoms with E-state index >= 15 is 0 Å². The number of imide groups is 1. The third-order valence-electron chi connectivity index (χ3n) is 4.36. The van der Waals surface area contributed by atoms with Crippen LogP contribution < -0.4 is 10.1 Å². The maximum absolute atomic E-state index is 12.0. The standard InChI is InChI=1S/C22H18ClN3O3S/c1-2-10-29-18-9-8-14(11-17(18)23)20-15(12-19-21(27)24-22(28)30-19)13-26(25-20)16-6-4-3-5-7-16/h3-9,11-13H,2,10H2,1H3,(H,24,27,28). The first kappa shape index (κ1) is 20.3. The van der Waals surface area contributed by atoms with Gasteiger partial charge < -0.3 is 4.74 Å². The second-order valence-electron chi connectivity index (χ2n) is 6.56. The van der Waals surface area contributed by atoms with Gasteiger partial charge in [-0.2, -0.15) is 5.10 Å². The van der Waals surface area contributed by atoms with Gasteiger partial charge in [-0.1, -0.05) is 36.7 Å². The first-order valence-electron chi connectivity index (χ1n) is 9.38. The highest BCUT2D eigenvalue weighted by molar-refractivity contribution is 8.18. The number of hydrogen-bond donors (Lipinski definition) is 1. The van der Waals surface area contributed by atoms with Gasteiger partial charge in [-0.05, 0) is 54.6 Å². The molecule has 152 valence electrons. The van der Waals surface area contributed by atoms with Crippen LogP contribution in [0.5, 0.6) is 5.75 Å². The van der Waals surface area contributed by atoms with E-state index in [1.165, 1.54) is 0 Å². The van der Waals surface area contributed by atoms with Gasteiger partial charge in [-0.25, -0.2) is 4.68 Å². The van der Waals surface area contributed by atoms with E-state index in [0.29, 0.717) is 33.5 Å². The largest absolute Gasteiger partial charge is 0.492 e. The molecule has 1 fully saturated rings. The third-order valence-corrected chi connectivity index (χ3v) is 5.46. The van der Waals surface area contributed by atoms with Gasteiger partial charge >= 0.3 is 0 Å². The average Bonchev–Trinajstić information content (AvgIpc) is 3.30. The molecule has 0 radical (unpaired) electrons. The number of carbonyl (C=O) groups is 2. The number of ether oxygens (including phenoxy) is 1. The minimum absolute atomic E-state index is 0.322. The van der Waals surface area contributed by atoms with E-state index in [4.69, 9.17) is 21.4 Å². The highest BCUT2D eigenvalue weighted by Crippen LogP contribution is 2.34. The molecule has 0 spiro atoms. The molecule has 0 unspecified atom stereocenters. The molecule has 0 saturated carbocycles. The second-order valence-corrected chi connectivity index (χ2v) is 7.98. The summed E-state index contributed by atoms with van der Waals surface area (Å²) < 4.78 is 7.38. The number of thioether (sulfide) groups is 1. The third kappa shape index (κ3) is 4.27. The Morgan fingerprint density at radius 1 is 1.20 bits per heavy atom. The average molecular weight is 440 g/mol. The minimum Gasteiger partial charge on any atom is -0.492 e. The van der Waals surface area contributed by atoms with Crippen molar-refractivity contribution in [1.82, 2.24) is 15.1 Å². The first-order chi connectivity index (χ1) is 14.5. The van der Waals surface area contributed by atoms with Crippen molar-refractivity contribution in [1.29, 1.82) is 0 Å². The lowest BCUT2D eigenvalue weighted by molar-refractivity contribution is -0.115. The zero-order valence-electron chi connectivity index (χ0n) is 16.1. The fourth-order valence-electron chi connectivity index (χ4n) is 2.97. The van der Waals surface area contributed by atoms with Crippen LogP contribution in [-0.2, 0) is 4.79 Å². The Morgan fingerprint density at radius 3 is 2.67 bits per heavy atom. The normalized spacial score (nSPS) is 14.9. The van der Waals surface area contributed by atoms with Gasteiger partial charge in [0, 0.05) is 17.3 Å². The zero-order chi connectivity index (χ0) is 21.1. The van der Waals surface area contributed by atoms with E-state index in [1.54, 1.807) is 16.8 Å². The van der Waals surface area contributed by atoms with E-state index in [9.17, 15) is 9.59 Å². The van der Waals surface area contributed by atoms with Crippen LogP contribution in [0.25, 0.3) is 23.0 Å². The molecule has 1 N–H and O–H groups in total. The van der Waals surface area contributed by atoms with Gasteiger partial charge in [0.15, 0.2) is 0 Å². The topological polar surface area (TPSA) is 73.2 Å². The Balaban J connectivity index is 1.79. The summed E-state index contributed by atoms with van der Waals surface area (Å²) in [6.45, 7) is 2.61. The van der Waals surface area contributed by atoms with Gasteiger partial charge in [0.05, 0.1) is 22.2 Å². The number of hydrogen-bond acceptors (Lipinski definition) is 5. The predicted molar refractivity (Wildman–Crippen MR) is 119 cm³/mol. The predicted octanol–water partition coefficient (Wildman–Crippen LogP) is 5.31. The Bertz CT molecular complexity index is 1140. The Labute approximate surface area is 182 Å². The van der Waals surface area contributed by atoms with Gasteiger partial charge in [0.1, 0.15) is 11.4 Å². The van der Waals surface area contributed by atoms with Gasteiger partial charge in [0.25, 0.3) is 11.1 Å². The first-order valence-corrected chi connectivity index (χ1v) is 10.6. The number of halogens is 1. The Morgan fingerprint density at radius 2 is 2.00 bits per heavy atom. The molecule has 0 bridgehead atoms. The molecule has 4 rings (SSSR count). The van der Waals surface area contributed by atoms with Crippen LogP contribution in [0.1, 0.15) is 18.9 Å². The van der Waals surface area contributed by atoms with Crippen LogP contribution in [0.2, 0.25) is 5.02 Å². The van der Waals surface area contributed by atoms with E-state index in [-0.39, 0.29) is 5.24 Å². The SMILES string of the molecule is CCCOc1ccc(-c2nn(-c3ccccc3)cc2C=C2SC(=O)NC2=O)cc1Cl. The molecular weight excluding hydrogens is 422 g/mol. The lowest BCUT2D eigenvalue weighted by Gasteiger charge is -2.08. The monoisotopic (exact) mass is 439 g/mol. The Kier molecular flexibility index (Phi) is 5.92. The smallest absolute Gasteiger partial charge is 0.290 e. The highest BCUT2D eigenvalue weighted by atomic mass is 35.5. The fraction of sp³-hybridized carbons (Fsp3) is 0.136. The van der Waals surface area contributed by atoms with Crippen molar-refractivity contribution < 1.29 is 14.3 Å². The van der Waals surface area contributed by atoms with E-state index in [2.05, 4.69) is 5.32 Å². The van der Waals surface area contributed by atoms with Crippen molar-refractivity contribution >= 4 is 40.6 Å². The van der Waals surface area contributed by atoms with Crippen molar-refractivity contribution in [2.24, 2.45) is 0 Å². The van der Waals surface area contributed by atoms with Crippen LogP contribution in [0.15, 0.2) is 59.6 Å². The number of benzene rings is 2. The summed E-state index contributed by atoms with van der Waals surface area (Å²) in [6, 6.07) is 15.1. The maximum atomic E-state index is 12.0. The van der Waals surface area contributed by atoms with E-state index in [1.807, 2.05) is 55.6 Å². The molecule has 0 aliphatic carbocycles. The number of amides is 2. The molecule has 2 aromatic carbocycles. The van der Waals surface area contributed by atoms with Crippen LogP contribution in [-0.4, -0.2) is 27.5 Å². The molecule has 8 heteroatoms. The molecule has 1 saturated heterocycles. The van der Waals surface area contributed by atoms with Crippen molar-refractivity contribution in [2.45, 2.75) is 13.3 Å². The van der Waals surface area contributed by atoms with Crippen molar-refractivity contribution in [2.75, 3.05) is 6.61 Å². The van der Waals surface area contributed by atoms with E-state index in [0.717, 1.165) is 29.4 Å². The highest BCUT2D eigenvalue weighted by Gasteiger charge is 2.26. The van der Waals surface area contributed by atoms with E-state index < -0.39 is 5.91 Å². The molecule has 1 aromatic heterocycles. The summed E-state index contributed by atoms with van der Waals surface area (Å²) in [4.78, 5) is 23.9. The fourth-order valence-corrected chi connectivity index (χ4v) is 3.88. The zero-order valence-corrected chi connectivity index (χ0v) is 17.7. The van der Waals surface area contributed by atoms with Crippen LogP contribution in [0.4, 0.5) is 4.79 Å². The molecule has 2 heterocycles.